The molecule has 0 spiro atoms. The molecule has 0 aliphatic carbocycles. The number of pyridine rings is 1. The zero-order chi connectivity index (χ0) is 18.0. The van der Waals surface area contributed by atoms with Gasteiger partial charge >= 0.3 is 0 Å². The van der Waals surface area contributed by atoms with Gasteiger partial charge < -0.3 is 0 Å². The van der Waals surface area contributed by atoms with Crippen LogP contribution in [0.1, 0.15) is 16.5 Å². The van der Waals surface area contributed by atoms with E-state index in [9.17, 15) is 17.2 Å². The Hall–Kier alpha value is -2.31. The minimum Gasteiger partial charge on any atom is -0.260 e. The normalized spacial score (nSPS) is 12.8. The summed E-state index contributed by atoms with van der Waals surface area (Å²) in [5.74, 6) is -1.56. The molecule has 1 aromatic heterocycles. The topological polar surface area (TPSA) is 47.0 Å². The van der Waals surface area contributed by atoms with E-state index in [-0.39, 0.29) is 16.2 Å². The lowest BCUT2D eigenvalue weighted by Crippen LogP contribution is -2.18. The lowest BCUT2D eigenvalue weighted by atomic mass is 10.1. The molecule has 2 aromatic carbocycles. The first-order chi connectivity index (χ1) is 11.9. The maximum atomic E-state index is 14.3. The Labute approximate surface area is 148 Å². The predicted molar refractivity (Wildman–Crippen MR) is 91.1 cm³/mol. The Bertz CT molecular complexity index is 993. The van der Waals surface area contributed by atoms with Gasteiger partial charge in [0.2, 0.25) is 0 Å². The summed E-state index contributed by atoms with van der Waals surface area (Å²) in [4.78, 5) is 3.98. The Morgan fingerprint density at radius 3 is 2.32 bits per heavy atom. The van der Waals surface area contributed by atoms with E-state index in [1.807, 2.05) is 0 Å². The highest BCUT2D eigenvalue weighted by Gasteiger charge is 2.34. The number of sulfone groups is 1. The lowest BCUT2D eigenvalue weighted by Gasteiger charge is -2.18. The van der Waals surface area contributed by atoms with Gasteiger partial charge in [-0.25, -0.2) is 17.2 Å². The van der Waals surface area contributed by atoms with Crippen LogP contribution in [0.3, 0.4) is 0 Å². The molecule has 3 aromatic rings. The molecule has 0 saturated carbocycles. The van der Waals surface area contributed by atoms with Gasteiger partial charge in [0.15, 0.2) is 9.84 Å². The first-order valence-corrected chi connectivity index (χ1v) is 9.17. The van der Waals surface area contributed by atoms with Crippen LogP contribution < -0.4 is 0 Å². The number of benzene rings is 2. The van der Waals surface area contributed by atoms with Gasteiger partial charge in [0, 0.05) is 16.8 Å². The maximum Gasteiger partial charge on any atom is 0.191 e. The van der Waals surface area contributed by atoms with E-state index >= 15 is 0 Å². The summed E-state index contributed by atoms with van der Waals surface area (Å²) in [5.41, 5.74) is -0.199. The molecule has 0 N–H and O–H groups in total. The van der Waals surface area contributed by atoms with Crippen LogP contribution in [0.5, 0.6) is 0 Å². The zero-order valence-corrected chi connectivity index (χ0v) is 14.3. The van der Waals surface area contributed by atoms with E-state index in [4.69, 9.17) is 11.6 Å². The zero-order valence-electron chi connectivity index (χ0n) is 12.7. The second kappa shape index (κ2) is 6.90. The number of aromatic nitrogens is 1. The van der Waals surface area contributed by atoms with E-state index in [2.05, 4.69) is 4.98 Å². The minimum atomic E-state index is -4.09. The van der Waals surface area contributed by atoms with Crippen molar-refractivity contribution in [2.24, 2.45) is 0 Å². The molecule has 0 bridgehead atoms. The van der Waals surface area contributed by atoms with Crippen LogP contribution in [0, 0.1) is 11.6 Å². The molecule has 3 rings (SSSR count). The van der Waals surface area contributed by atoms with Crippen LogP contribution in [0.15, 0.2) is 71.8 Å². The first kappa shape index (κ1) is 17.5. The van der Waals surface area contributed by atoms with Crippen molar-refractivity contribution in [3.63, 3.8) is 0 Å². The molecule has 0 aliphatic heterocycles. The SMILES string of the molecule is O=S(=O)(c1ccc(Cl)cc1)C(c1ccccn1)c1cc(F)ccc1F. The van der Waals surface area contributed by atoms with Crippen LogP contribution in [0.4, 0.5) is 8.78 Å². The number of rotatable bonds is 4. The largest absolute Gasteiger partial charge is 0.260 e. The van der Waals surface area contributed by atoms with Crippen molar-refractivity contribution in [1.82, 2.24) is 4.98 Å². The summed E-state index contributed by atoms with van der Waals surface area (Å²) in [5, 5.41) is -1.11. The highest BCUT2D eigenvalue weighted by atomic mass is 35.5. The summed E-state index contributed by atoms with van der Waals surface area (Å²) in [7, 11) is -4.09. The van der Waals surface area contributed by atoms with Crippen molar-refractivity contribution >= 4 is 21.4 Å². The molecule has 0 aliphatic rings. The third-order valence-corrected chi connectivity index (χ3v) is 5.95. The minimum absolute atomic E-state index is 0.0591. The maximum absolute atomic E-state index is 14.3. The van der Waals surface area contributed by atoms with Crippen molar-refractivity contribution in [1.29, 1.82) is 0 Å². The van der Waals surface area contributed by atoms with E-state index in [0.29, 0.717) is 5.02 Å². The Kier molecular flexibility index (Phi) is 4.83. The van der Waals surface area contributed by atoms with Gasteiger partial charge in [0.25, 0.3) is 0 Å². The summed E-state index contributed by atoms with van der Waals surface area (Å²) < 4.78 is 54.3. The van der Waals surface area contributed by atoms with Gasteiger partial charge in [-0.1, -0.05) is 17.7 Å². The lowest BCUT2D eigenvalue weighted by molar-refractivity contribution is 0.568. The van der Waals surface area contributed by atoms with Crippen LogP contribution in [-0.4, -0.2) is 13.4 Å². The number of nitrogens with zero attached hydrogens (tertiary/aromatic N) is 1. The monoisotopic (exact) mass is 379 g/mol. The molecule has 0 amide bonds. The van der Waals surface area contributed by atoms with Crippen LogP contribution >= 0.6 is 11.6 Å². The molecule has 0 radical (unpaired) electrons. The van der Waals surface area contributed by atoms with E-state index in [1.54, 1.807) is 12.1 Å². The van der Waals surface area contributed by atoms with Crippen molar-refractivity contribution in [3.05, 3.63) is 94.8 Å². The smallest absolute Gasteiger partial charge is 0.191 e. The molecular formula is C18H12ClF2NO2S. The molecule has 128 valence electrons. The standard InChI is InChI=1S/C18H12ClF2NO2S/c19-12-4-7-14(8-5-12)25(23,24)18(17-3-1-2-10-22-17)15-11-13(20)6-9-16(15)21/h1-11,18H. The highest BCUT2D eigenvalue weighted by molar-refractivity contribution is 7.91. The van der Waals surface area contributed by atoms with Crippen molar-refractivity contribution in [2.45, 2.75) is 10.1 Å². The van der Waals surface area contributed by atoms with Gasteiger partial charge in [0.05, 0.1) is 10.6 Å². The average Bonchev–Trinajstić information content (AvgIpc) is 2.59. The Balaban J connectivity index is 2.25. The summed E-state index contributed by atoms with van der Waals surface area (Å²) in [6.07, 6.45) is 1.40. The molecule has 1 atom stereocenters. The molecular weight excluding hydrogens is 368 g/mol. The van der Waals surface area contributed by atoms with E-state index in [0.717, 1.165) is 18.2 Å². The summed E-state index contributed by atoms with van der Waals surface area (Å²) in [6, 6.07) is 12.9. The molecule has 3 nitrogen and oxygen atoms in total. The van der Waals surface area contributed by atoms with Crippen LogP contribution in [-0.2, 0) is 9.84 Å². The summed E-state index contributed by atoms with van der Waals surface area (Å²) >= 11 is 5.80. The quantitative estimate of drug-likeness (QED) is 0.666. The molecule has 0 saturated heterocycles. The van der Waals surface area contributed by atoms with Gasteiger partial charge in [0.1, 0.15) is 16.9 Å². The molecule has 1 heterocycles. The second-order valence-corrected chi connectivity index (χ2v) is 7.77. The van der Waals surface area contributed by atoms with Gasteiger partial charge in [-0.3, -0.25) is 4.98 Å². The van der Waals surface area contributed by atoms with E-state index in [1.165, 1.54) is 36.5 Å². The number of hydrogen-bond donors (Lipinski definition) is 0. The van der Waals surface area contributed by atoms with Crippen molar-refractivity contribution in [3.8, 4) is 0 Å². The average molecular weight is 380 g/mol. The third-order valence-electron chi connectivity index (χ3n) is 3.65. The predicted octanol–water partition coefficient (Wildman–Crippen LogP) is 4.58. The fraction of sp³-hybridized carbons (Fsp3) is 0.0556. The Morgan fingerprint density at radius 2 is 1.68 bits per heavy atom. The fourth-order valence-corrected chi connectivity index (χ4v) is 4.38. The van der Waals surface area contributed by atoms with Crippen LogP contribution in [0.25, 0.3) is 0 Å². The molecule has 1 unspecified atom stereocenters. The van der Waals surface area contributed by atoms with Gasteiger partial charge in [-0.2, -0.15) is 0 Å². The van der Waals surface area contributed by atoms with Crippen molar-refractivity contribution in [2.75, 3.05) is 0 Å². The Morgan fingerprint density at radius 1 is 0.960 bits per heavy atom. The van der Waals surface area contributed by atoms with Gasteiger partial charge in [-0.15, -0.1) is 0 Å². The summed E-state index contributed by atoms with van der Waals surface area (Å²) in [6.45, 7) is 0. The number of hydrogen-bond acceptors (Lipinski definition) is 3. The van der Waals surface area contributed by atoms with Crippen molar-refractivity contribution < 1.29 is 17.2 Å². The second-order valence-electron chi connectivity index (χ2n) is 5.30. The molecule has 0 fully saturated rings. The molecule has 7 heteroatoms. The first-order valence-electron chi connectivity index (χ1n) is 7.25. The third kappa shape index (κ3) is 3.55. The fourth-order valence-electron chi connectivity index (χ4n) is 2.49. The van der Waals surface area contributed by atoms with Gasteiger partial charge in [-0.05, 0) is 54.6 Å². The highest BCUT2D eigenvalue weighted by Crippen LogP contribution is 2.36. The van der Waals surface area contributed by atoms with E-state index < -0.39 is 26.7 Å². The number of halogens is 3. The van der Waals surface area contributed by atoms with Crippen LogP contribution in [0.2, 0.25) is 5.02 Å². The molecule has 25 heavy (non-hydrogen) atoms.